The number of aromatic nitrogens is 2. The molecule has 0 radical (unpaired) electrons. The molecule has 1 aromatic carbocycles. The zero-order valence-corrected chi connectivity index (χ0v) is 11.1. The van der Waals surface area contributed by atoms with E-state index in [1.807, 2.05) is 6.92 Å². The van der Waals surface area contributed by atoms with Gasteiger partial charge >= 0.3 is 0 Å². The molecule has 0 unspecified atom stereocenters. The van der Waals surface area contributed by atoms with Gasteiger partial charge in [-0.05, 0) is 31.2 Å². The summed E-state index contributed by atoms with van der Waals surface area (Å²) in [5.74, 6) is 1.11. The first kappa shape index (κ1) is 13.3. The van der Waals surface area contributed by atoms with Crippen LogP contribution in [-0.4, -0.2) is 28.5 Å². The molecular weight excluding hydrogens is 266 g/mol. The van der Waals surface area contributed by atoms with Gasteiger partial charge in [-0.2, -0.15) is 4.37 Å². The molecule has 19 heavy (non-hydrogen) atoms. The maximum Gasteiger partial charge on any atom is 0.264 e. The topological polar surface area (TPSA) is 73.3 Å². The van der Waals surface area contributed by atoms with E-state index in [2.05, 4.69) is 14.7 Å². The molecule has 0 atom stereocenters. The van der Waals surface area contributed by atoms with Gasteiger partial charge in [-0.1, -0.05) is 0 Å². The van der Waals surface area contributed by atoms with Gasteiger partial charge in [0.25, 0.3) is 5.91 Å². The van der Waals surface area contributed by atoms with Gasteiger partial charge in [-0.15, -0.1) is 0 Å². The van der Waals surface area contributed by atoms with Crippen LogP contribution in [-0.2, 0) is 4.79 Å². The largest absolute Gasteiger partial charge is 0.494 e. The van der Waals surface area contributed by atoms with Crippen LogP contribution >= 0.6 is 11.5 Å². The number of rotatable bonds is 6. The van der Waals surface area contributed by atoms with Crippen molar-refractivity contribution in [2.24, 2.45) is 0 Å². The molecule has 6 nitrogen and oxygen atoms in total. The van der Waals surface area contributed by atoms with Crippen LogP contribution in [0.2, 0.25) is 0 Å². The standard InChI is InChI=1S/C12H13N3O3S/c1-2-17-9-3-5-10(6-4-9)18-7-11(16)15-12-13-8-14-19-12/h3-6,8H,2,7H2,1H3,(H,13,14,15,16). The van der Waals surface area contributed by atoms with Gasteiger partial charge in [0.05, 0.1) is 6.61 Å². The highest BCUT2D eigenvalue weighted by molar-refractivity contribution is 7.09. The van der Waals surface area contributed by atoms with E-state index in [-0.39, 0.29) is 12.5 Å². The molecule has 1 heterocycles. The summed E-state index contributed by atoms with van der Waals surface area (Å²) in [6, 6.07) is 7.09. The number of ether oxygens (including phenoxy) is 2. The smallest absolute Gasteiger partial charge is 0.264 e. The van der Waals surface area contributed by atoms with E-state index >= 15 is 0 Å². The summed E-state index contributed by atoms with van der Waals surface area (Å²) < 4.78 is 14.4. The van der Waals surface area contributed by atoms with Gasteiger partial charge in [0, 0.05) is 11.5 Å². The van der Waals surface area contributed by atoms with E-state index in [0.717, 1.165) is 17.3 Å². The molecule has 0 spiro atoms. The Bertz CT molecular complexity index is 514. The third kappa shape index (κ3) is 4.22. The quantitative estimate of drug-likeness (QED) is 0.875. The van der Waals surface area contributed by atoms with Crippen molar-refractivity contribution in [3.05, 3.63) is 30.6 Å². The number of benzene rings is 1. The molecular formula is C12H13N3O3S. The second-order valence-corrected chi connectivity index (χ2v) is 4.27. The van der Waals surface area contributed by atoms with Crippen molar-refractivity contribution < 1.29 is 14.3 Å². The molecule has 0 aliphatic heterocycles. The van der Waals surface area contributed by atoms with Crippen LogP contribution in [0.3, 0.4) is 0 Å². The molecule has 2 rings (SSSR count). The molecule has 0 aliphatic carbocycles. The van der Waals surface area contributed by atoms with E-state index in [9.17, 15) is 4.79 Å². The lowest BCUT2D eigenvalue weighted by molar-refractivity contribution is -0.118. The number of carbonyl (C=O) groups excluding carboxylic acids is 1. The minimum atomic E-state index is -0.273. The van der Waals surface area contributed by atoms with E-state index in [4.69, 9.17) is 9.47 Å². The number of hydrogen-bond donors (Lipinski definition) is 1. The first-order chi connectivity index (χ1) is 9.28. The Morgan fingerprint density at radius 1 is 1.26 bits per heavy atom. The molecule has 0 saturated carbocycles. The van der Waals surface area contributed by atoms with Crippen LogP contribution in [0.25, 0.3) is 0 Å². The molecule has 0 aliphatic rings. The predicted molar refractivity (Wildman–Crippen MR) is 71.6 cm³/mol. The lowest BCUT2D eigenvalue weighted by atomic mass is 10.3. The Balaban J connectivity index is 1.79. The van der Waals surface area contributed by atoms with Crippen LogP contribution in [0.5, 0.6) is 11.5 Å². The van der Waals surface area contributed by atoms with Crippen molar-refractivity contribution >= 4 is 22.6 Å². The summed E-state index contributed by atoms with van der Waals surface area (Å²) in [6.45, 7) is 2.46. The van der Waals surface area contributed by atoms with Crippen molar-refractivity contribution in [2.45, 2.75) is 6.92 Å². The minimum Gasteiger partial charge on any atom is -0.494 e. The fraction of sp³-hybridized carbons (Fsp3) is 0.250. The second kappa shape index (κ2) is 6.69. The lowest BCUT2D eigenvalue weighted by Gasteiger charge is -2.07. The molecule has 0 bridgehead atoms. The molecule has 1 N–H and O–H groups in total. The van der Waals surface area contributed by atoms with Crippen LogP contribution in [0.15, 0.2) is 30.6 Å². The van der Waals surface area contributed by atoms with E-state index < -0.39 is 0 Å². The minimum absolute atomic E-state index is 0.0758. The van der Waals surface area contributed by atoms with Crippen LogP contribution in [0, 0.1) is 0 Å². The number of hydrogen-bond acceptors (Lipinski definition) is 6. The Kier molecular flexibility index (Phi) is 4.68. The summed E-state index contributed by atoms with van der Waals surface area (Å²) in [6.07, 6.45) is 1.38. The maximum absolute atomic E-state index is 11.5. The summed E-state index contributed by atoms with van der Waals surface area (Å²) in [5.41, 5.74) is 0. The predicted octanol–water partition coefficient (Wildman–Crippen LogP) is 1.95. The van der Waals surface area contributed by atoms with Gasteiger partial charge in [0.2, 0.25) is 5.13 Å². The maximum atomic E-state index is 11.5. The Hall–Kier alpha value is -2.15. The molecule has 2 aromatic rings. The molecule has 0 saturated heterocycles. The molecule has 100 valence electrons. The zero-order valence-electron chi connectivity index (χ0n) is 10.3. The van der Waals surface area contributed by atoms with Crippen molar-refractivity contribution in [1.82, 2.24) is 9.36 Å². The first-order valence-electron chi connectivity index (χ1n) is 5.70. The number of nitrogens with zero attached hydrogens (tertiary/aromatic N) is 2. The molecule has 0 fully saturated rings. The average molecular weight is 279 g/mol. The second-order valence-electron chi connectivity index (χ2n) is 3.49. The van der Waals surface area contributed by atoms with Gasteiger partial charge in [-0.3, -0.25) is 10.1 Å². The van der Waals surface area contributed by atoms with E-state index in [0.29, 0.717) is 17.5 Å². The highest BCUT2D eigenvalue weighted by Crippen LogP contribution is 2.17. The summed E-state index contributed by atoms with van der Waals surface area (Å²) >= 11 is 1.12. The van der Waals surface area contributed by atoms with E-state index in [1.54, 1.807) is 24.3 Å². The monoisotopic (exact) mass is 279 g/mol. The number of carbonyl (C=O) groups is 1. The van der Waals surface area contributed by atoms with Crippen LogP contribution < -0.4 is 14.8 Å². The Morgan fingerprint density at radius 2 is 1.95 bits per heavy atom. The van der Waals surface area contributed by atoms with Gasteiger partial charge in [0.15, 0.2) is 6.61 Å². The Labute approximate surface area is 114 Å². The van der Waals surface area contributed by atoms with Crippen molar-refractivity contribution in [1.29, 1.82) is 0 Å². The molecule has 1 amide bonds. The highest BCUT2D eigenvalue weighted by Gasteiger charge is 2.05. The van der Waals surface area contributed by atoms with Gasteiger partial charge in [0.1, 0.15) is 17.8 Å². The number of nitrogens with one attached hydrogen (secondary N) is 1. The van der Waals surface area contributed by atoms with Gasteiger partial charge in [-0.25, -0.2) is 4.98 Å². The molecule has 7 heteroatoms. The first-order valence-corrected chi connectivity index (χ1v) is 6.47. The van der Waals surface area contributed by atoms with Gasteiger partial charge < -0.3 is 9.47 Å². The fourth-order valence-corrected chi connectivity index (χ4v) is 1.78. The fourth-order valence-electron chi connectivity index (χ4n) is 1.33. The van der Waals surface area contributed by atoms with Crippen molar-refractivity contribution in [3.8, 4) is 11.5 Å². The summed E-state index contributed by atoms with van der Waals surface area (Å²) in [4.78, 5) is 15.4. The zero-order chi connectivity index (χ0) is 13.5. The van der Waals surface area contributed by atoms with Crippen molar-refractivity contribution in [3.63, 3.8) is 0 Å². The summed E-state index contributed by atoms with van der Waals surface area (Å²) in [5, 5.41) is 3.04. The van der Waals surface area contributed by atoms with Crippen molar-refractivity contribution in [2.75, 3.05) is 18.5 Å². The normalized spacial score (nSPS) is 9.95. The third-order valence-corrected chi connectivity index (χ3v) is 2.69. The van der Waals surface area contributed by atoms with Crippen LogP contribution in [0.4, 0.5) is 5.13 Å². The molecule has 1 aromatic heterocycles. The number of amides is 1. The number of anilines is 1. The average Bonchev–Trinajstić information content (AvgIpc) is 2.91. The SMILES string of the molecule is CCOc1ccc(OCC(=O)Nc2ncns2)cc1. The highest BCUT2D eigenvalue weighted by atomic mass is 32.1. The summed E-state index contributed by atoms with van der Waals surface area (Å²) in [7, 11) is 0. The third-order valence-electron chi connectivity index (χ3n) is 2.11. The van der Waals surface area contributed by atoms with E-state index in [1.165, 1.54) is 6.33 Å². The lowest BCUT2D eigenvalue weighted by Crippen LogP contribution is -2.19. The van der Waals surface area contributed by atoms with Crippen LogP contribution in [0.1, 0.15) is 6.92 Å². The Morgan fingerprint density at radius 3 is 2.53 bits per heavy atom.